The van der Waals surface area contributed by atoms with Crippen molar-refractivity contribution in [1.29, 1.82) is 0 Å². The van der Waals surface area contributed by atoms with E-state index >= 15 is 0 Å². The zero-order valence-corrected chi connectivity index (χ0v) is 10.3. The maximum Gasteiger partial charge on any atom is 0.0236 e. The molecule has 88 valence electrons. The van der Waals surface area contributed by atoms with E-state index in [4.69, 9.17) is 5.73 Å². The number of benzene rings is 1. The monoisotopic (exact) mass is 218 g/mol. The third-order valence-corrected chi connectivity index (χ3v) is 3.56. The van der Waals surface area contributed by atoms with Crippen LogP contribution in [0.15, 0.2) is 24.3 Å². The molecule has 2 atom stereocenters. The first-order valence-electron chi connectivity index (χ1n) is 6.21. The summed E-state index contributed by atoms with van der Waals surface area (Å²) < 4.78 is 0. The maximum absolute atomic E-state index is 5.59. The summed E-state index contributed by atoms with van der Waals surface area (Å²) >= 11 is 0. The van der Waals surface area contributed by atoms with Gasteiger partial charge in [0.15, 0.2) is 0 Å². The zero-order chi connectivity index (χ0) is 11.5. The van der Waals surface area contributed by atoms with E-state index in [1.165, 1.54) is 24.1 Å². The van der Waals surface area contributed by atoms with Gasteiger partial charge in [0.05, 0.1) is 0 Å². The van der Waals surface area contributed by atoms with Crippen LogP contribution in [-0.2, 0) is 13.1 Å². The summed E-state index contributed by atoms with van der Waals surface area (Å²) in [5.41, 5.74) is 8.21. The van der Waals surface area contributed by atoms with Crippen molar-refractivity contribution in [2.75, 3.05) is 6.54 Å². The van der Waals surface area contributed by atoms with Crippen molar-refractivity contribution in [2.24, 2.45) is 11.7 Å². The molecule has 1 heterocycles. The van der Waals surface area contributed by atoms with Crippen LogP contribution in [0.3, 0.4) is 0 Å². The predicted octanol–water partition coefficient (Wildman–Crippen LogP) is 2.38. The molecular formula is C14H22N2. The molecule has 2 rings (SSSR count). The van der Waals surface area contributed by atoms with Crippen molar-refractivity contribution >= 4 is 0 Å². The van der Waals surface area contributed by atoms with E-state index in [1.807, 2.05) is 0 Å². The standard InChI is InChI=1S/C14H22N2/c1-11-7-12(2)16(9-11)10-14-5-3-13(8-15)4-6-14/h3-6,11-12H,7-10,15H2,1-2H3. The first-order chi connectivity index (χ1) is 7.69. The molecule has 2 heteroatoms. The second-order valence-electron chi connectivity index (χ2n) is 5.14. The van der Waals surface area contributed by atoms with Crippen molar-refractivity contribution in [3.63, 3.8) is 0 Å². The lowest BCUT2D eigenvalue weighted by Gasteiger charge is -2.21. The first-order valence-corrected chi connectivity index (χ1v) is 6.21. The van der Waals surface area contributed by atoms with Gasteiger partial charge in [-0.25, -0.2) is 0 Å². The van der Waals surface area contributed by atoms with Gasteiger partial charge >= 0.3 is 0 Å². The third-order valence-electron chi connectivity index (χ3n) is 3.56. The van der Waals surface area contributed by atoms with Crippen molar-refractivity contribution in [3.8, 4) is 0 Å². The molecule has 2 unspecified atom stereocenters. The SMILES string of the molecule is CC1CC(C)N(Cc2ccc(CN)cc2)C1. The number of hydrogen-bond acceptors (Lipinski definition) is 2. The van der Waals surface area contributed by atoms with E-state index in [2.05, 4.69) is 43.0 Å². The van der Waals surface area contributed by atoms with Crippen molar-refractivity contribution in [3.05, 3.63) is 35.4 Å². The van der Waals surface area contributed by atoms with Gasteiger partial charge in [0.2, 0.25) is 0 Å². The molecule has 1 saturated heterocycles. The molecule has 0 saturated carbocycles. The lowest BCUT2D eigenvalue weighted by Crippen LogP contribution is -2.26. The largest absolute Gasteiger partial charge is 0.326 e. The van der Waals surface area contributed by atoms with E-state index in [0.29, 0.717) is 6.54 Å². The summed E-state index contributed by atoms with van der Waals surface area (Å²) in [6.07, 6.45) is 1.33. The molecule has 0 aliphatic carbocycles. The Kier molecular flexibility index (Phi) is 3.62. The Morgan fingerprint density at radius 3 is 2.31 bits per heavy atom. The van der Waals surface area contributed by atoms with Crippen LogP contribution >= 0.6 is 0 Å². The van der Waals surface area contributed by atoms with E-state index in [-0.39, 0.29) is 0 Å². The Bertz CT molecular complexity index is 331. The summed E-state index contributed by atoms with van der Waals surface area (Å²) in [5.74, 6) is 0.846. The van der Waals surface area contributed by atoms with Gasteiger partial charge in [-0.1, -0.05) is 31.2 Å². The molecule has 0 bridgehead atoms. The molecule has 0 radical (unpaired) electrons. The van der Waals surface area contributed by atoms with Crippen LogP contribution in [0.25, 0.3) is 0 Å². The average Bonchev–Trinajstić information content (AvgIpc) is 2.59. The molecular weight excluding hydrogens is 196 g/mol. The van der Waals surface area contributed by atoms with Gasteiger partial charge in [0.1, 0.15) is 0 Å². The number of nitrogens with zero attached hydrogens (tertiary/aromatic N) is 1. The van der Waals surface area contributed by atoms with Crippen molar-refractivity contribution in [2.45, 2.75) is 39.4 Å². The molecule has 1 aromatic rings. The van der Waals surface area contributed by atoms with Gasteiger partial charge in [0, 0.05) is 25.7 Å². The molecule has 1 aromatic carbocycles. The van der Waals surface area contributed by atoms with Gasteiger partial charge in [-0.15, -0.1) is 0 Å². The molecule has 2 nitrogen and oxygen atoms in total. The fraction of sp³-hybridized carbons (Fsp3) is 0.571. The smallest absolute Gasteiger partial charge is 0.0236 e. The van der Waals surface area contributed by atoms with E-state index in [0.717, 1.165) is 18.5 Å². The second-order valence-corrected chi connectivity index (χ2v) is 5.14. The highest BCUT2D eigenvalue weighted by Crippen LogP contribution is 2.24. The second kappa shape index (κ2) is 4.98. The topological polar surface area (TPSA) is 29.3 Å². The minimum Gasteiger partial charge on any atom is -0.326 e. The molecule has 1 aliphatic rings. The summed E-state index contributed by atoms with van der Waals surface area (Å²) in [7, 11) is 0. The highest BCUT2D eigenvalue weighted by molar-refractivity contribution is 5.22. The Morgan fingerprint density at radius 1 is 1.19 bits per heavy atom. The predicted molar refractivity (Wildman–Crippen MR) is 68.0 cm³/mol. The highest BCUT2D eigenvalue weighted by Gasteiger charge is 2.25. The number of hydrogen-bond donors (Lipinski definition) is 1. The Morgan fingerprint density at radius 2 is 1.81 bits per heavy atom. The van der Waals surface area contributed by atoms with Crippen LogP contribution in [-0.4, -0.2) is 17.5 Å². The summed E-state index contributed by atoms with van der Waals surface area (Å²) in [4.78, 5) is 2.57. The average molecular weight is 218 g/mol. The minimum absolute atomic E-state index is 0.636. The third kappa shape index (κ3) is 2.63. The van der Waals surface area contributed by atoms with Crippen molar-refractivity contribution < 1.29 is 0 Å². The number of likely N-dealkylation sites (tertiary alicyclic amines) is 1. The molecule has 16 heavy (non-hydrogen) atoms. The van der Waals surface area contributed by atoms with Gasteiger partial charge in [-0.2, -0.15) is 0 Å². The zero-order valence-electron chi connectivity index (χ0n) is 10.3. The lowest BCUT2D eigenvalue weighted by molar-refractivity contribution is 0.256. The summed E-state index contributed by atoms with van der Waals surface area (Å²) in [6.45, 7) is 7.62. The van der Waals surface area contributed by atoms with E-state index in [9.17, 15) is 0 Å². The molecule has 1 fully saturated rings. The lowest BCUT2D eigenvalue weighted by atomic mass is 10.1. The first kappa shape index (κ1) is 11.6. The van der Waals surface area contributed by atoms with Crippen LogP contribution < -0.4 is 5.73 Å². The van der Waals surface area contributed by atoms with Gasteiger partial charge < -0.3 is 5.73 Å². The van der Waals surface area contributed by atoms with Gasteiger partial charge in [-0.3, -0.25) is 4.90 Å². The molecule has 0 spiro atoms. The van der Waals surface area contributed by atoms with E-state index in [1.54, 1.807) is 0 Å². The quantitative estimate of drug-likeness (QED) is 0.844. The summed E-state index contributed by atoms with van der Waals surface area (Å²) in [5, 5.41) is 0. The highest BCUT2D eigenvalue weighted by atomic mass is 15.2. The Labute approximate surface area is 98.4 Å². The van der Waals surface area contributed by atoms with Crippen LogP contribution in [0, 0.1) is 5.92 Å². The summed E-state index contributed by atoms with van der Waals surface area (Å²) in [6, 6.07) is 9.42. The fourth-order valence-electron chi connectivity index (χ4n) is 2.62. The van der Waals surface area contributed by atoms with Crippen molar-refractivity contribution in [1.82, 2.24) is 4.90 Å². The molecule has 2 N–H and O–H groups in total. The van der Waals surface area contributed by atoms with Crippen LogP contribution in [0.4, 0.5) is 0 Å². The number of rotatable bonds is 3. The van der Waals surface area contributed by atoms with Gasteiger partial charge in [0.25, 0.3) is 0 Å². The van der Waals surface area contributed by atoms with E-state index < -0.39 is 0 Å². The molecule has 0 amide bonds. The van der Waals surface area contributed by atoms with Crippen LogP contribution in [0.1, 0.15) is 31.4 Å². The van der Waals surface area contributed by atoms with Gasteiger partial charge in [-0.05, 0) is 30.4 Å². The number of nitrogens with two attached hydrogens (primary N) is 1. The van der Waals surface area contributed by atoms with Crippen LogP contribution in [0.2, 0.25) is 0 Å². The normalized spacial score (nSPS) is 26.2. The Balaban J connectivity index is 1.98. The fourth-order valence-corrected chi connectivity index (χ4v) is 2.62. The van der Waals surface area contributed by atoms with Crippen LogP contribution in [0.5, 0.6) is 0 Å². The minimum atomic E-state index is 0.636. The molecule has 1 aliphatic heterocycles. The Hall–Kier alpha value is -0.860. The maximum atomic E-state index is 5.59. The molecule has 0 aromatic heterocycles.